The summed E-state index contributed by atoms with van der Waals surface area (Å²) in [5.41, 5.74) is 4.10. The van der Waals surface area contributed by atoms with Gasteiger partial charge in [-0.15, -0.1) is 0 Å². The van der Waals surface area contributed by atoms with E-state index in [1.165, 1.54) is 24.0 Å². The van der Waals surface area contributed by atoms with Gasteiger partial charge in [0.2, 0.25) is 0 Å². The molecule has 28 heavy (non-hydrogen) atoms. The van der Waals surface area contributed by atoms with Crippen LogP contribution in [0.15, 0.2) is 29.5 Å². The van der Waals surface area contributed by atoms with Crippen LogP contribution in [0.3, 0.4) is 0 Å². The van der Waals surface area contributed by atoms with Gasteiger partial charge in [0.1, 0.15) is 6.61 Å². The van der Waals surface area contributed by atoms with E-state index < -0.39 is 24.0 Å². The third-order valence-electron chi connectivity index (χ3n) is 5.00. The average molecular weight is 386 g/mol. The zero-order valence-electron chi connectivity index (χ0n) is 16.3. The molecule has 1 aliphatic heterocycles. The zero-order chi connectivity index (χ0) is 20.1. The fourth-order valence-electron chi connectivity index (χ4n) is 3.66. The van der Waals surface area contributed by atoms with Gasteiger partial charge in [-0.25, -0.2) is 9.59 Å². The van der Waals surface area contributed by atoms with Gasteiger partial charge in [-0.3, -0.25) is 4.79 Å². The molecular formula is C21H26N2O5. The van der Waals surface area contributed by atoms with Gasteiger partial charge in [-0.1, -0.05) is 18.2 Å². The van der Waals surface area contributed by atoms with Crippen molar-refractivity contribution in [3.8, 4) is 0 Å². The SMILES string of the molecule is CCOC(=O)C1=C(COC(=O)Cc2ccc3c(c2)CCCC3)NC(=O)N[C@@H]1C. The second-order valence-corrected chi connectivity index (χ2v) is 7.08. The number of carbonyl (C=O) groups is 3. The first-order valence-corrected chi connectivity index (χ1v) is 9.72. The number of urea groups is 1. The quantitative estimate of drug-likeness (QED) is 0.731. The van der Waals surface area contributed by atoms with Crippen molar-refractivity contribution in [2.45, 2.75) is 52.0 Å². The molecule has 0 fully saturated rings. The van der Waals surface area contributed by atoms with Gasteiger partial charge < -0.3 is 20.1 Å². The third-order valence-corrected chi connectivity index (χ3v) is 5.00. The van der Waals surface area contributed by atoms with Crippen molar-refractivity contribution < 1.29 is 23.9 Å². The molecule has 2 aliphatic rings. The van der Waals surface area contributed by atoms with E-state index in [1.807, 2.05) is 6.07 Å². The predicted molar refractivity (Wildman–Crippen MR) is 103 cm³/mol. The Labute approximate surface area is 164 Å². The first-order valence-electron chi connectivity index (χ1n) is 9.72. The molecule has 0 unspecified atom stereocenters. The molecule has 0 radical (unpaired) electrons. The maximum atomic E-state index is 12.3. The van der Waals surface area contributed by atoms with Crippen LogP contribution < -0.4 is 10.6 Å². The third kappa shape index (κ3) is 4.71. The Hall–Kier alpha value is -2.83. The van der Waals surface area contributed by atoms with Crippen LogP contribution in [0, 0.1) is 0 Å². The van der Waals surface area contributed by atoms with Crippen LogP contribution in [0.5, 0.6) is 0 Å². The molecule has 0 aromatic heterocycles. The summed E-state index contributed by atoms with van der Waals surface area (Å²) < 4.78 is 10.4. The summed E-state index contributed by atoms with van der Waals surface area (Å²) in [7, 11) is 0. The van der Waals surface area contributed by atoms with Crippen LogP contribution in [0.1, 0.15) is 43.4 Å². The highest BCUT2D eigenvalue weighted by molar-refractivity contribution is 5.94. The smallest absolute Gasteiger partial charge is 0.338 e. The summed E-state index contributed by atoms with van der Waals surface area (Å²) in [5.74, 6) is -0.949. The second-order valence-electron chi connectivity index (χ2n) is 7.08. The van der Waals surface area contributed by atoms with Gasteiger partial charge >= 0.3 is 18.0 Å². The minimum atomic E-state index is -0.539. The zero-order valence-corrected chi connectivity index (χ0v) is 16.3. The summed E-state index contributed by atoms with van der Waals surface area (Å²) >= 11 is 0. The summed E-state index contributed by atoms with van der Waals surface area (Å²) in [6, 6.07) is 5.16. The molecule has 1 heterocycles. The Kier molecular flexibility index (Phi) is 6.34. The lowest BCUT2D eigenvalue weighted by Crippen LogP contribution is -2.50. The van der Waals surface area contributed by atoms with Gasteiger partial charge in [0, 0.05) is 0 Å². The molecule has 0 spiro atoms. The first-order chi connectivity index (χ1) is 13.5. The molecule has 2 amide bonds. The van der Waals surface area contributed by atoms with E-state index in [0.29, 0.717) is 0 Å². The maximum absolute atomic E-state index is 12.3. The molecule has 7 heteroatoms. The summed E-state index contributed by atoms with van der Waals surface area (Å²) in [4.78, 5) is 36.2. The number of carbonyl (C=O) groups excluding carboxylic acids is 3. The fraction of sp³-hybridized carbons (Fsp3) is 0.476. The number of hydrogen-bond donors (Lipinski definition) is 2. The van der Waals surface area contributed by atoms with Gasteiger partial charge in [0.05, 0.1) is 30.3 Å². The van der Waals surface area contributed by atoms with E-state index in [2.05, 4.69) is 22.8 Å². The number of ether oxygens (including phenoxy) is 2. The molecule has 0 saturated heterocycles. The van der Waals surface area contributed by atoms with Gasteiger partial charge in [0.15, 0.2) is 0 Å². The normalized spacial score (nSPS) is 18.6. The number of aryl methyl sites for hydroxylation is 2. The average Bonchev–Trinajstić information content (AvgIpc) is 2.66. The van der Waals surface area contributed by atoms with Crippen LogP contribution in [-0.4, -0.2) is 37.2 Å². The monoisotopic (exact) mass is 386 g/mol. The van der Waals surface area contributed by atoms with Crippen molar-refractivity contribution >= 4 is 18.0 Å². The standard InChI is InChI=1S/C21H26N2O5/c1-3-27-20(25)19-13(2)22-21(26)23-17(19)12-28-18(24)11-14-8-9-15-6-4-5-7-16(15)10-14/h8-10,13H,3-7,11-12H2,1-2H3,(H2,22,23,26)/t13-/m1/s1. The Morgan fingerprint density at radius 3 is 2.64 bits per heavy atom. The Bertz CT molecular complexity index is 815. The number of nitrogens with one attached hydrogen (secondary N) is 2. The van der Waals surface area contributed by atoms with Gasteiger partial charge in [-0.2, -0.15) is 0 Å². The lowest BCUT2D eigenvalue weighted by atomic mass is 9.90. The molecule has 150 valence electrons. The van der Waals surface area contributed by atoms with E-state index in [9.17, 15) is 14.4 Å². The second kappa shape index (κ2) is 8.91. The number of esters is 2. The summed E-state index contributed by atoms with van der Waals surface area (Å²) in [6.45, 7) is 3.42. The van der Waals surface area contributed by atoms with E-state index >= 15 is 0 Å². The van der Waals surface area contributed by atoms with Crippen LogP contribution in [0.2, 0.25) is 0 Å². The van der Waals surface area contributed by atoms with Crippen LogP contribution >= 0.6 is 0 Å². The van der Waals surface area contributed by atoms with E-state index in [1.54, 1.807) is 13.8 Å². The minimum Gasteiger partial charge on any atom is -0.463 e. The topological polar surface area (TPSA) is 93.7 Å². The van der Waals surface area contributed by atoms with Crippen LogP contribution in [0.25, 0.3) is 0 Å². The van der Waals surface area contributed by atoms with E-state index in [4.69, 9.17) is 9.47 Å². The molecular weight excluding hydrogens is 360 g/mol. The number of hydrogen-bond acceptors (Lipinski definition) is 5. The lowest BCUT2D eigenvalue weighted by molar-refractivity contribution is -0.143. The summed E-state index contributed by atoms with van der Waals surface area (Å²) in [6.07, 6.45) is 4.68. The van der Waals surface area contributed by atoms with E-state index in [0.717, 1.165) is 18.4 Å². The lowest BCUT2D eigenvalue weighted by Gasteiger charge is -2.26. The largest absolute Gasteiger partial charge is 0.463 e. The summed E-state index contributed by atoms with van der Waals surface area (Å²) in [5, 5.41) is 5.15. The number of benzene rings is 1. The van der Waals surface area contributed by atoms with E-state index in [-0.39, 0.29) is 30.9 Å². The Morgan fingerprint density at radius 2 is 1.89 bits per heavy atom. The molecule has 1 atom stereocenters. The highest BCUT2D eigenvalue weighted by Crippen LogP contribution is 2.22. The van der Waals surface area contributed by atoms with Crippen molar-refractivity contribution in [1.29, 1.82) is 0 Å². The molecule has 1 aromatic carbocycles. The van der Waals surface area contributed by atoms with Crippen LogP contribution in [-0.2, 0) is 38.3 Å². The Balaban J connectivity index is 1.65. The number of fused-ring (bicyclic) bond motifs is 1. The molecule has 7 nitrogen and oxygen atoms in total. The number of amides is 2. The minimum absolute atomic E-state index is 0.150. The van der Waals surface area contributed by atoms with Gasteiger partial charge in [0.25, 0.3) is 0 Å². The first kappa shape index (κ1) is 19.9. The van der Waals surface area contributed by atoms with Crippen molar-refractivity contribution in [2.24, 2.45) is 0 Å². The van der Waals surface area contributed by atoms with Crippen molar-refractivity contribution in [3.63, 3.8) is 0 Å². The maximum Gasteiger partial charge on any atom is 0.338 e. The molecule has 3 rings (SSSR count). The van der Waals surface area contributed by atoms with Crippen molar-refractivity contribution in [3.05, 3.63) is 46.2 Å². The fourth-order valence-corrected chi connectivity index (χ4v) is 3.66. The van der Waals surface area contributed by atoms with Crippen molar-refractivity contribution in [2.75, 3.05) is 13.2 Å². The highest BCUT2D eigenvalue weighted by Gasteiger charge is 2.30. The Morgan fingerprint density at radius 1 is 1.14 bits per heavy atom. The molecule has 1 aliphatic carbocycles. The molecule has 0 saturated carbocycles. The molecule has 1 aromatic rings. The molecule has 0 bridgehead atoms. The molecule has 2 N–H and O–H groups in total. The van der Waals surface area contributed by atoms with Crippen LogP contribution in [0.4, 0.5) is 4.79 Å². The van der Waals surface area contributed by atoms with Gasteiger partial charge in [-0.05, 0) is 56.2 Å². The predicted octanol–water partition coefficient (Wildman–Crippen LogP) is 2.17. The highest BCUT2D eigenvalue weighted by atomic mass is 16.5. The number of rotatable bonds is 6. The van der Waals surface area contributed by atoms with Crippen molar-refractivity contribution in [1.82, 2.24) is 10.6 Å².